The molecule has 9 nitrogen and oxygen atoms in total. The van der Waals surface area contributed by atoms with Gasteiger partial charge in [0.05, 0.1) is 18.1 Å². The number of carboxylic acid groups (broad SMARTS) is 2. The molecule has 0 saturated carbocycles. The van der Waals surface area contributed by atoms with E-state index < -0.39 is 24.3 Å². The molecule has 0 spiro atoms. The van der Waals surface area contributed by atoms with Gasteiger partial charge in [0, 0.05) is 26.2 Å². The van der Waals surface area contributed by atoms with E-state index in [1.807, 2.05) is 0 Å². The Labute approximate surface area is 147 Å². The first-order valence-electron chi connectivity index (χ1n) is 6.88. The second kappa shape index (κ2) is 10.3. The molecule has 0 bridgehead atoms. The minimum atomic E-state index is -5.08. The molecule has 0 radical (unpaired) electrons. The molecular weight excluding hydrogens is 392 g/mol. The quantitative estimate of drug-likeness (QED) is 0.496. The number of nitrogens with two attached hydrogens (primary N) is 1. The third-order valence-electron chi connectivity index (χ3n) is 2.63. The summed E-state index contributed by atoms with van der Waals surface area (Å²) in [6, 6.07) is 0. The highest BCUT2D eigenvalue weighted by atomic mass is 19.4. The molecule has 1 aliphatic rings. The molecule has 0 aromatic carbocycles. The van der Waals surface area contributed by atoms with Crippen molar-refractivity contribution in [3.8, 4) is 0 Å². The summed E-state index contributed by atoms with van der Waals surface area (Å²) in [5, 5.41) is 17.5. The summed E-state index contributed by atoms with van der Waals surface area (Å²) < 4.78 is 63.5. The molecule has 0 aliphatic carbocycles. The van der Waals surface area contributed by atoms with E-state index in [4.69, 9.17) is 25.5 Å². The molecule has 1 aromatic heterocycles. The standard InChI is InChI=1S/C8H13N5.2C2HF3O2/c9-8-11-5-7(6-12-8)13-3-1-10-2-4-13;2*3-2(4,5)1(6)7/h5-6,10H,1-4H2,(H2,9,11,12);2*(H,6,7). The first-order valence-corrected chi connectivity index (χ1v) is 6.88. The summed E-state index contributed by atoms with van der Waals surface area (Å²) in [4.78, 5) is 28.0. The van der Waals surface area contributed by atoms with Crippen LogP contribution in [0.5, 0.6) is 0 Å². The number of halogens is 6. The van der Waals surface area contributed by atoms with Gasteiger partial charge in [-0.3, -0.25) is 0 Å². The fourth-order valence-electron chi connectivity index (χ4n) is 1.42. The molecule has 0 atom stereocenters. The van der Waals surface area contributed by atoms with Gasteiger partial charge in [0.2, 0.25) is 5.95 Å². The Morgan fingerprint density at radius 1 is 0.963 bits per heavy atom. The number of nitrogens with zero attached hydrogens (tertiary/aromatic N) is 3. The first kappa shape index (κ1) is 24.2. The number of alkyl halides is 6. The molecule has 27 heavy (non-hydrogen) atoms. The van der Waals surface area contributed by atoms with E-state index in [2.05, 4.69) is 20.2 Å². The van der Waals surface area contributed by atoms with Crippen molar-refractivity contribution >= 4 is 23.6 Å². The van der Waals surface area contributed by atoms with Crippen LogP contribution in [0.1, 0.15) is 0 Å². The first-order chi connectivity index (χ1) is 12.2. The number of hydrogen-bond donors (Lipinski definition) is 4. The van der Waals surface area contributed by atoms with Gasteiger partial charge >= 0.3 is 24.3 Å². The van der Waals surface area contributed by atoms with Gasteiger partial charge in [0.15, 0.2) is 0 Å². The van der Waals surface area contributed by atoms with Crippen LogP contribution in [0.3, 0.4) is 0 Å². The molecular formula is C12H15F6N5O4. The number of aromatic nitrogens is 2. The fourth-order valence-corrected chi connectivity index (χ4v) is 1.42. The van der Waals surface area contributed by atoms with Crippen molar-refractivity contribution < 1.29 is 46.1 Å². The van der Waals surface area contributed by atoms with E-state index >= 15 is 0 Å². The molecule has 15 heteroatoms. The fraction of sp³-hybridized carbons (Fsp3) is 0.500. The zero-order chi connectivity index (χ0) is 21.3. The number of piperazine rings is 1. The molecule has 1 aliphatic heterocycles. The van der Waals surface area contributed by atoms with Gasteiger partial charge in [-0.15, -0.1) is 0 Å². The van der Waals surface area contributed by atoms with Gasteiger partial charge in [0.1, 0.15) is 0 Å². The second-order valence-corrected chi connectivity index (χ2v) is 4.64. The Hall–Kier alpha value is -2.84. The van der Waals surface area contributed by atoms with Gasteiger partial charge in [-0.2, -0.15) is 26.3 Å². The number of rotatable bonds is 1. The highest BCUT2D eigenvalue weighted by Gasteiger charge is 2.38. The number of carboxylic acids is 2. The van der Waals surface area contributed by atoms with Crippen molar-refractivity contribution in [2.75, 3.05) is 36.8 Å². The lowest BCUT2D eigenvalue weighted by atomic mass is 10.3. The van der Waals surface area contributed by atoms with Crippen molar-refractivity contribution in [3.05, 3.63) is 12.4 Å². The Balaban J connectivity index is 0.000000416. The van der Waals surface area contributed by atoms with Crippen molar-refractivity contribution in [1.82, 2.24) is 15.3 Å². The predicted molar refractivity (Wildman–Crippen MR) is 78.9 cm³/mol. The molecule has 154 valence electrons. The predicted octanol–water partition coefficient (Wildman–Crippen LogP) is 0.735. The van der Waals surface area contributed by atoms with E-state index in [1.165, 1.54) is 0 Å². The largest absolute Gasteiger partial charge is 0.490 e. The van der Waals surface area contributed by atoms with Crippen LogP contribution in [-0.2, 0) is 9.59 Å². The van der Waals surface area contributed by atoms with Crippen molar-refractivity contribution in [3.63, 3.8) is 0 Å². The van der Waals surface area contributed by atoms with E-state index in [9.17, 15) is 26.3 Å². The molecule has 0 amide bonds. The number of aliphatic carboxylic acids is 2. The third kappa shape index (κ3) is 10.7. The Morgan fingerprint density at radius 2 is 1.30 bits per heavy atom. The number of hydrogen-bond acceptors (Lipinski definition) is 7. The molecule has 1 aromatic rings. The number of nitrogens with one attached hydrogen (secondary N) is 1. The highest BCUT2D eigenvalue weighted by molar-refractivity contribution is 5.73. The minimum absolute atomic E-state index is 0.332. The van der Waals surface area contributed by atoms with Gasteiger partial charge in [-0.05, 0) is 0 Å². The van der Waals surface area contributed by atoms with E-state index in [-0.39, 0.29) is 0 Å². The summed E-state index contributed by atoms with van der Waals surface area (Å²) in [5.41, 5.74) is 6.45. The molecule has 1 saturated heterocycles. The summed E-state index contributed by atoms with van der Waals surface area (Å²) in [6.07, 6.45) is -6.62. The lowest BCUT2D eigenvalue weighted by molar-refractivity contribution is -0.193. The third-order valence-corrected chi connectivity index (χ3v) is 2.63. The summed E-state index contributed by atoms with van der Waals surface area (Å²) >= 11 is 0. The van der Waals surface area contributed by atoms with E-state index in [1.54, 1.807) is 12.4 Å². The molecule has 5 N–H and O–H groups in total. The van der Waals surface area contributed by atoms with E-state index in [0.29, 0.717) is 5.95 Å². The molecule has 1 fully saturated rings. The molecule has 2 heterocycles. The van der Waals surface area contributed by atoms with Crippen LogP contribution in [-0.4, -0.2) is 70.7 Å². The maximum absolute atomic E-state index is 10.6. The van der Waals surface area contributed by atoms with Crippen molar-refractivity contribution in [1.29, 1.82) is 0 Å². The Bertz CT molecular complexity index is 578. The summed E-state index contributed by atoms with van der Waals surface area (Å²) in [6.45, 7) is 4.05. The van der Waals surface area contributed by atoms with Gasteiger partial charge in [0.25, 0.3) is 0 Å². The molecule has 0 unspecified atom stereocenters. The van der Waals surface area contributed by atoms with Crippen LogP contribution >= 0.6 is 0 Å². The maximum atomic E-state index is 10.6. The topological polar surface area (TPSA) is 142 Å². The monoisotopic (exact) mass is 407 g/mol. The van der Waals surface area contributed by atoms with Crippen LogP contribution in [0.25, 0.3) is 0 Å². The zero-order valence-electron chi connectivity index (χ0n) is 13.4. The lowest BCUT2D eigenvalue weighted by Gasteiger charge is -2.28. The van der Waals surface area contributed by atoms with Crippen LogP contribution in [0.15, 0.2) is 12.4 Å². The van der Waals surface area contributed by atoms with Crippen molar-refractivity contribution in [2.24, 2.45) is 0 Å². The van der Waals surface area contributed by atoms with E-state index in [0.717, 1.165) is 31.9 Å². The Kier molecular flexibility index (Phi) is 9.26. The summed E-state index contributed by atoms with van der Waals surface area (Å²) in [7, 11) is 0. The second-order valence-electron chi connectivity index (χ2n) is 4.64. The zero-order valence-corrected chi connectivity index (χ0v) is 13.4. The lowest BCUT2D eigenvalue weighted by Crippen LogP contribution is -2.43. The van der Waals surface area contributed by atoms with Crippen LogP contribution in [0.4, 0.5) is 38.0 Å². The van der Waals surface area contributed by atoms with Crippen molar-refractivity contribution in [2.45, 2.75) is 12.4 Å². The maximum Gasteiger partial charge on any atom is 0.490 e. The van der Waals surface area contributed by atoms with Crippen LogP contribution in [0.2, 0.25) is 0 Å². The highest BCUT2D eigenvalue weighted by Crippen LogP contribution is 2.14. The normalized spacial score (nSPS) is 14.2. The molecule has 2 rings (SSSR count). The van der Waals surface area contributed by atoms with Crippen LogP contribution < -0.4 is 16.0 Å². The number of carbonyl (C=O) groups is 2. The smallest absolute Gasteiger partial charge is 0.475 e. The van der Waals surface area contributed by atoms with Crippen LogP contribution in [0, 0.1) is 0 Å². The summed E-state index contributed by atoms with van der Waals surface area (Å²) in [5.74, 6) is -5.18. The number of anilines is 2. The minimum Gasteiger partial charge on any atom is -0.475 e. The van der Waals surface area contributed by atoms with Gasteiger partial charge in [-0.1, -0.05) is 0 Å². The average Bonchev–Trinajstić information content (AvgIpc) is 2.56. The number of nitrogen functional groups attached to an aromatic ring is 1. The Morgan fingerprint density at radius 3 is 1.59 bits per heavy atom. The van der Waals surface area contributed by atoms with Gasteiger partial charge in [-0.25, -0.2) is 19.6 Å². The average molecular weight is 407 g/mol. The van der Waals surface area contributed by atoms with Gasteiger partial charge < -0.3 is 26.2 Å². The SMILES string of the molecule is Nc1ncc(N2CCNCC2)cn1.O=C(O)C(F)(F)F.O=C(O)C(F)(F)F.